The predicted octanol–water partition coefficient (Wildman–Crippen LogP) is 5.01. The molecule has 6 nitrogen and oxygen atoms in total. The van der Waals surface area contributed by atoms with Gasteiger partial charge in [0.1, 0.15) is 29.0 Å². The highest BCUT2D eigenvalue weighted by Crippen LogP contribution is 2.48. The molecule has 0 bridgehead atoms. The van der Waals surface area contributed by atoms with Crippen LogP contribution in [0.15, 0.2) is 71.2 Å². The first kappa shape index (κ1) is 22.0. The molecule has 1 aliphatic heterocycles. The van der Waals surface area contributed by atoms with Crippen LogP contribution < -0.4 is 18.9 Å². The summed E-state index contributed by atoms with van der Waals surface area (Å²) in [6.45, 7) is 0.443. The minimum Gasteiger partial charge on any atom is -0.496 e. The highest BCUT2D eigenvalue weighted by atomic mass is 79.9. The number of amides is 1. The van der Waals surface area contributed by atoms with Crippen molar-refractivity contribution in [1.29, 1.82) is 0 Å². The third-order valence-electron chi connectivity index (χ3n) is 5.48. The molecule has 1 heterocycles. The van der Waals surface area contributed by atoms with E-state index in [0.29, 0.717) is 29.5 Å². The van der Waals surface area contributed by atoms with Crippen LogP contribution in [-0.2, 0) is 11.3 Å². The Morgan fingerprint density at radius 2 is 1.47 bits per heavy atom. The Morgan fingerprint density at radius 1 is 0.844 bits per heavy atom. The van der Waals surface area contributed by atoms with Gasteiger partial charge < -0.3 is 23.8 Å². The Kier molecular flexibility index (Phi) is 6.55. The molecule has 0 aliphatic carbocycles. The van der Waals surface area contributed by atoms with Crippen LogP contribution in [0.2, 0.25) is 0 Å². The number of hydrogen-bond acceptors (Lipinski definition) is 5. The molecule has 1 aliphatic rings. The summed E-state index contributed by atoms with van der Waals surface area (Å²) in [5.41, 5.74) is 1.76. The summed E-state index contributed by atoms with van der Waals surface area (Å²) in [6.07, 6.45) is -0.728. The molecule has 166 valence electrons. The molecule has 1 saturated heterocycles. The monoisotopic (exact) mass is 497 g/mol. The maximum absolute atomic E-state index is 13.3. The molecule has 0 unspecified atom stereocenters. The number of β-lactam (4-membered cyclic amide) rings is 1. The third kappa shape index (κ3) is 4.12. The molecular formula is C25H24BrNO5. The lowest BCUT2D eigenvalue weighted by Gasteiger charge is -2.47. The Hall–Kier alpha value is -3.19. The van der Waals surface area contributed by atoms with Gasteiger partial charge in [-0.2, -0.15) is 0 Å². The number of methoxy groups -OCH3 is 3. The van der Waals surface area contributed by atoms with Crippen LogP contribution in [0.3, 0.4) is 0 Å². The molecular weight excluding hydrogens is 474 g/mol. The number of carbonyl (C=O) groups excluding carboxylic acids is 1. The van der Waals surface area contributed by atoms with Gasteiger partial charge in [0.05, 0.1) is 31.4 Å². The maximum Gasteiger partial charge on any atom is 0.267 e. The maximum atomic E-state index is 13.3. The second-order valence-electron chi connectivity index (χ2n) is 7.31. The topological polar surface area (TPSA) is 57.2 Å². The van der Waals surface area contributed by atoms with Crippen molar-refractivity contribution in [2.75, 3.05) is 21.3 Å². The zero-order valence-electron chi connectivity index (χ0n) is 18.1. The minimum absolute atomic E-state index is 0.102. The van der Waals surface area contributed by atoms with Gasteiger partial charge in [0.25, 0.3) is 5.91 Å². The number of benzene rings is 3. The SMILES string of the molecule is COc1cc(OC)c([C@@H]2[C@H](Oc3ccccc3Br)C(=O)N2Cc2ccccc2)c(OC)c1. The molecule has 7 heteroatoms. The van der Waals surface area contributed by atoms with E-state index in [1.54, 1.807) is 38.4 Å². The minimum atomic E-state index is -0.728. The van der Waals surface area contributed by atoms with E-state index in [1.165, 1.54) is 0 Å². The molecule has 0 saturated carbocycles. The van der Waals surface area contributed by atoms with Gasteiger partial charge in [0, 0.05) is 18.7 Å². The lowest BCUT2D eigenvalue weighted by molar-refractivity contribution is -0.165. The lowest BCUT2D eigenvalue weighted by Crippen LogP contribution is -2.60. The van der Waals surface area contributed by atoms with Crippen LogP contribution in [0.5, 0.6) is 23.0 Å². The first-order chi connectivity index (χ1) is 15.6. The molecule has 0 spiro atoms. The van der Waals surface area contributed by atoms with Gasteiger partial charge in [0.15, 0.2) is 0 Å². The van der Waals surface area contributed by atoms with E-state index < -0.39 is 12.1 Å². The fraction of sp³-hybridized carbons (Fsp3) is 0.240. The summed E-state index contributed by atoms with van der Waals surface area (Å²) in [7, 11) is 4.76. The number of ether oxygens (including phenoxy) is 4. The molecule has 0 N–H and O–H groups in total. The summed E-state index contributed by atoms with van der Waals surface area (Å²) in [6, 6.07) is 20.5. The quantitative estimate of drug-likeness (QED) is 0.409. The van der Waals surface area contributed by atoms with Gasteiger partial charge in [0.2, 0.25) is 6.10 Å². The van der Waals surface area contributed by atoms with Gasteiger partial charge in [-0.15, -0.1) is 0 Å². The highest BCUT2D eigenvalue weighted by Gasteiger charge is 2.52. The van der Waals surface area contributed by atoms with Crippen LogP contribution in [0.25, 0.3) is 0 Å². The van der Waals surface area contributed by atoms with Crippen LogP contribution in [0.4, 0.5) is 0 Å². The van der Waals surface area contributed by atoms with Crippen molar-refractivity contribution in [3.63, 3.8) is 0 Å². The number of halogens is 1. The summed E-state index contributed by atoms with van der Waals surface area (Å²) >= 11 is 3.50. The number of rotatable bonds is 8. The largest absolute Gasteiger partial charge is 0.496 e. The first-order valence-corrected chi connectivity index (χ1v) is 10.9. The average molecular weight is 498 g/mol. The van der Waals surface area contributed by atoms with E-state index in [0.717, 1.165) is 15.6 Å². The van der Waals surface area contributed by atoms with Gasteiger partial charge >= 0.3 is 0 Å². The van der Waals surface area contributed by atoms with Crippen LogP contribution in [-0.4, -0.2) is 38.2 Å². The second kappa shape index (κ2) is 9.53. The molecule has 0 aromatic heterocycles. The number of hydrogen-bond donors (Lipinski definition) is 0. The second-order valence-corrected chi connectivity index (χ2v) is 8.17. The Labute approximate surface area is 195 Å². The summed E-state index contributed by atoms with van der Waals surface area (Å²) < 4.78 is 23.7. The molecule has 0 radical (unpaired) electrons. The fourth-order valence-electron chi connectivity index (χ4n) is 3.90. The number of nitrogens with zero attached hydrogens (tertiary/aromatic N) is 1. The Balaban J connectivity index is 1.77. The van der Waals surface area contributed by atoms with E-state index in [2.05, 4.69) is 15.9 Å². The molecule has 1 fully saturated rings. The van der Waals surface area contributed by atoms with Gasteiger partial charge in [-0.3, -0.25) is 4.79 Å². The number of para-hydroxylation sites is 1. The molecule has 3 aromatic rings. The van der Waals surface area contributed by atoms with Gasteiger partial charge in [-0.1, -0.05) is 42.5 Å². The van der Waals surface area contributed by atoms with Crippen LogP contribution in [0, 0.1) is 0 Å². The van der Waals surface area contributed by atoms with E-state index in [4.69, 9.17) is 18.9 Å². The van der Waals surface area contributed by atoms with Crippen LogP contribution in [0.1, 0.15) is 17.2 Å². The van der Waals surface area contributed by atoms with E-state index in [1.807, 2.05) is 54.6 Å². The standard InChI is InChI=1S/C25H24BrNO5/c1-29-17-13-20(30-2)22(21(14-17)31-3)23-24(32-19-12-8-7-11-18(19)26)25(28)27(23)15-16-9-5-4-6-10-16/h4-14,23-24H,15H2,1-3H3/t23-,24+/m1/s1. The average Bonchev–Trinajstić information content (AvgIpc) is 2.84. The lowest BCUT2D eigenvalue weighted by atomic mass is 9.88. The van der Waals surface area contributed by atoms with Crippen molar-refractivity contribution >= 4 is 21.8 Å². The molecule has 4 rings (SSSR count). The van der Waals surface area contributed by atoms with Gasteiger partial charge in [-0.25, -0.2) is 0 Å². The number of likely N-dealkylation sites (tertiary alicyclic amines) is 1. The van der Waals surface area contributed by atoms with Crippen molar-refractivity contribution in [2.45, 2.75) is 18.7 Å². The smallest absolute Gasteiger partial charge is 0.267 e. The predicted molar refractivity (Wildman–Crippen MR) is 124 cm³/mol. The Bertz CT molecular complexity index is 1080. The van der Waals surface area contributed by atoms with E-state index in [-0.39, 0.29) is 5.91 Å². The van der Waals surface area contributed by atoms with Crippen molar-refractivity contribution in [3.8, 4) is 23.0 Å². The highest BCUT2D eigenvalue weighted by molar-refractivity contribution is 9.10. The number of carbonyl (C=O) groups is 1. The first-order valence-electron chi connectivity index (χ1n) is 10.1. The normalized spacial score (nSPS) is 17.5. The Morgan fingerprint density at radius 3 is 2.06 bits per heavy atom. The van der Waals surface area contributed by atoms with E-state index in [9.17, 15) is 4.79 Å². The van der Waals surface area contributed by atoms with Crippen molar-refractivity contribution in [1.82, 2.24) is 4.90 Å². The van der Waals surface area contributed by atoms with E-state index >= 15 is 0 Å². The van der Waals surface area contributed by atoms with Crippen molar-refractivity contribution in [3.05, 3.63) is 82.3 Å². The van der Waals surface area contributed by atoms with Crippen LogP contribution >= 0.6 is 15.9 Å². The molecule has 2 atom stereocenters. The zero-order valence-corrected chi connectivity index (χ0v) is 19.7. The molecule has 1 amide bonds. The van der Waals surface area contributed by atoms with Crippen molar-refractivity contribution < 1.29 is 23.7 Å². The molecule has 32 heavy (non-hydrogen) atoms. The summed E-state index contributed by atoms with van der Waals surface area (Å²) in [5.74, 6) is 2.23. The third-order valence-corrected chi connectivity index (χ3v) is 6.14. The fourth-order valence-corrected chi connectivity index (χ4v) is 4.27. The van der Waals surface area contributed by atoms with Gasteiger partial charge in [-0.05, 0) is 33.6 Å². The molecule has 3 aromatic carbocycles. The summed E-state index contributed by atoms with van der Waals surface area (Å²) in [4.78, 5) is 15.0. The zero-order chi connectivity index (χ0) is 22.7. The van der Waals surface area contributed by atoms with Crippen molar-refractivity contribution in [2.24, 2.45) is 0 Å². The summed E-state index contributed by atoms with van der Waals surface area (Å²) in [5, 5.41) is 0.